The second-order valence-electron chi connectivity index (χ2n) is 5.43. The zero-order valence-corrected chi connectivity index (χ0v) is 13.4. The summed E-state index contributed by atoms with van der Waals surface area (Å²) in [5.41, 5.74) is 1.84. The number of para-hydroxylation sites is 2. The highest BCUT2D eigenvalue weighted by Crippen LogP contribution is 2.34. The Hall–Kier alpha value is -2.25. The number of rotatable bonds is 5. The number of carbonyl (C=O) groups excluding carboxylic acids is 1. The summed E-state index contributed by atoms with van der Waals surface area (Å²) >= 11 is 1.42. The van der Waals surface area contributed by atoms with Gasteiger partial charge in [-0.1, -0.05) is 12.1 Å². The average Bonchev–Trinajstić information content (AvgIpc) is 3.11. The summed E-state index contributed by atoms with van der Waals surface area (Å²) < 4.78 is 10.8. The molecule has 7 heteroatoms. The highest BCUT2D eigenvalue weighted by atomic mass is 32.1. The Morgan fingerprint density at radius 1 is 1.39 bits per heavy atom. The molecule has 0 saturated heterocycles. The Kier molecular flexibility index (Phi) is 3.59. The number of ether oxygens (including phenoxy) is 1. The first-order valence-corrected chi connectivity index (χ1v) is 8.26. The molecule has 0 N–H and O–H groups in total. The molecule has 1 aliphatic carbocycles. The number of oxazole rings is 1. The molecule has 0 aliphatic heterocycles. The molecule has 1 aromatic carbocycles. The van der Waals surface area contributed by atoms with Crippen LogP contribution in [0.15, 0.2) is 34.1 Å². The smallest absolute Gasteiger partial charge is 0.305 e. The lowest BCUT2D eigenvalue weighted by molar-refractivity contribution is 0.0975. The van der Waals surface area contributed by atoms with Gasteiger partial charge in [0.1, 0.15) is 16.2 Å². The normalized spacial score (nSPS) is 14.3. The summed E-state index contributed by atoms with van der Waals surface area (Å²) in [5, 5.41) is 2.54. The lowest BCUT2D eigenvalue weighted by Crippen LogP contribution is -2.33. The van der Waals surface area contributed by atoms with Crippen LogP contribution in [-0.2, 0) is 11.3 Å². The molecule has 1 aliphatic rings. The number of nitrogens with zero attached hydrogens (tertiary/aromatic N) is 3. The van der Waals surface area contributed by atoms with Crippen molar-refractivity contribution in [1.82, 2.24) is 9.97 Å². The zero-order valence-electron chi connectivity index (χ0n) is 12.6. The third-order valence-corrected chi connectivity index (χ3v) is 4.48. The first-order valence-electron chi connectivity index (χ1n) is 7.39. The fourth-order valence-corrected chi connectivity index (χ4v) is 3.17. The molecule has 1 fully saturated rings. The van der Waals surface area contributed by atoms with Crippen molar-refractivity contribution in [1.29, 1.82) is 0 Å². The van der Waals surface area contributed by atoms with Gasteiger partial charge in [0, 0.05) is 18.5 Å². The molecule has 23 heavy (non-hydrogen) atoms. The SMILES string of the molecule is COCc1nc(C(=O)N(c2nc3ccccc3o2)C2CC2)cs1. The molecule has 0 unspecified atom stereocenters. The van der Waals surface area contributed by atoms with Crippen LogP contribution in [-0.4, -0.2) is 29.0 Å². The number of hydrogen-bond acceptors (Lipinski definition) is 6. The van der Waals surface area contributed by atoms with E-state index in [1.54, 1.807) is 17.4 Å². The molecule has 0 spiro atoms. The molecule has 0 radical (unpaired) electrons. The first kappa shape index (κ1) is 14.3. The second-order valence-corrected chi connectivity index (χ2v) is 6.37. The molecule has 2 aromatic heterocycles. The number of amides is 1. The van der Waals surface area contributed by atoms with Crippen LogP contribution >= 0.6 is 11.3 Å². The monoisotopic (exact) mass is 329 g/mol. The molecule has 1 amide bonds. The number of aromatic nitrogens is 2. The topological polar surface area (TPSA) is 68.5 Å². The number of thiazole rings is 1. The van der Waals surface area contributed by atoms with E-state index in [0.717, 1.165) is 23.4 Å². The van der Waals surface area contributed by atoms with Gasteiger partial charge >= 0.3 is 6.01 Å². The summed E-state index contributed by atoms with van der Waals surface area (Å²) in [6, 6.07) is 7.99. The molecule has 0 bridgehead atoms. The summed E-state index contributed by atoms with van der Waals surface area (Å²) in [6.07, 6.45) is 1.92. The maximum Gasteiger partial charge on any atom is 0.305 e. The van der Waals surface area contributed by atoms with Crippen molar-refractivity contribution in [3.05, 3.63) is 40.3 Å². The minimum absolute atomic E-state index is 0.142. The third kappa shape index (κ3) is 2.73. The average molecular weight is 329 g/mol. The van der Waals surface area contributed by atoms with Crippen LogP contribution in [0.3, 0.4) is 0 Å². The molecule has 4 rings (SSSR count). The molecule has 1 saturated carbocycles. The van der Waals surface area contributed by atoms with E-state index < -0.39 is 0 Å². The minimum atomic E-state index is -0.169. The maximum absolute atomic E-state index is 12.9. The first-order chi connectivity index (χ1) is 11.3. The van der Waals surface area contributed by atoms with Crippen LogP contribution in [0.5, 0.6) is 0 Å². The Morgan fingerprint density at radius 2 is 2.22 bits per heavy atom. The summed E-state index contributed by atoms with van der Waals surface area (Å²) in [7, 11) is 1.61. The van der Waals surface area contributed by atoms with Crippen LogP contribution in [0.4, 0.5) is 6.01 Å². The van der Waals surface area contributed by atoms with Crippen molar-refractivity contribution >= 4 is 34.4 Å². The van der Waals surface area contributed by atoms with Gasteiger partial charge in [-0.15, -0.1) is 11.3 Å². The maximum atomic E-state index is 12.9. The molecule has 0 atom stereocenters. The minimum Gasteiger partial charge on any atom is -0.423 e. The van der Waals surface area contributed by atoms with Gasteiger partial charge in [0.2, 0.25) is 0 Å². The highest BCUT2D eigenvalue weighted by molar-refractivity contribution is 7.09. The lowest BCUT2D eigenvalue weighted by atomic mass is 10.3. The van der Waals surface area contributed by atoms with Crippen LogP contribution < -0.4 is 4.90 Å². The summed E-state index contributed by atoms with van der Waals surface area (Å²) in [4.78, 5) is 23.3. The number of hydrogen-bond donors (Lipinski definition) is 0. The number of carbonyl (C=O) groups is 1. The molecular weight excluding hydrogens is 314 g/mol. The Bertz CT molecular complexity index is 820. The van der Waals surface area contributed by atoms with Crippen molar-refractivity contribution in [3.8, 4) is 0 Å². The van der Waals surface area contributed by atoms with Crippen LogP contribution in [0.1, 0.15) is 28.3 Å². The van der Waals surface area contributed by atoms with Gasteiger partial charge in [-0.25, -0.2) is 4.98 Å². The fraction of sp³-hybridized carbons (Fsp3) is 0.312. The van der Waals surface area contributed by atoms with Crippen molar-refractivity contribution in [2.75, 3.05) is 12.0 Å². The summed E-state index contributed by atoms with van der Waals surface area (Å²) in [6.45, 7) is 0.407. The van der Waals surface area contributed by atoms with E-state index in [0.29, 0.717) is 23.9 Å². The zero-order chi connectivity index (χ0) is 15.8. The quantitative estimate of drug-likeness (QED) is 0.719. The van der Waals surface area contributed by atoms with Gasteiger partial charge in [0.05, 0.1) is 6.61 Å². The van der Waals surface area contributed by atoms with E-state index in [1.165, 1.54) is 11.3 Å². The van der Waals surface area contributed by atoms with E-state index >= 15 is 0 Å². The Labute approximate surface area is 136 Å². The predicted octanol–water partition coefficient (Wildman–Crippen LogP) is 3.24. The van der Waals surface area contributed by atoms with Crippen LogP contribution in [0, 0.1) is 0 Å². The molecule has 3 aromatic rings. The molecule has 6 nitrogen and oxygen atoms in total. The van der Waals surface area contributed by atoms with Gasteiger partial charge < -0.3 is 9.15 Å². The van der Waals surface area contributed by atoms with Crippen LogP contribution in [0.25, 0.3) is 11.1 Å². The van der Waals surface area contributed by atoms with E-state index in [1.807, 2.05) is 24.3 Å². The third-order valence-electron chi connectivity index (χ3n) is 3.66. The van der Waals surface area contributed by atoms with Crippen LogP contribution in [0.2, 0.25) is 0 Å². The van der Waals surface area contributed by atoms with Gasteiger partial charge in [0.15, 0.2) is 5.58 Å². The van der Waals surface area contributed by atoms with Gasteiger partial charge in [-0.3, -0.25) is 9.69 Å². The molecule has 2 heterocycles. The summed E-state index contributed by atoms with van der Waals surface area (Å²) in [5.74, 6) is -0.169. The largest absolute Gasteiger partial charge is 0.423 e. The molecule has 118 valence electrons. The number of benzene rings is 1. The Morgan fingerprint density at radius 3 is 2.96 bits per heavy atom. The lowest BCUT2D eigenvalue weighted by Gasteiger charge is -2.16. The van der Waals surface area contributed by atoms with E-state index in [-0.39, 0.29) is 11.9 Å². The van der Waals surface area contributed by atoms with Gasteiger partial charge in [-0.2, -0.15) is 4.98 Å². The van der Waals surface area contributed by atoms with Crippen molar-refractivity contribution in [2.45, 2.75) is 25.5 Å². The number of fused-ring (bicyclic) bond motifs is 1. The van der Waals surface area contributed by atoms with E-state index in [2.05, 4.69) is 9.97 Å². The number of methoxy groups -OCH3 is 1. The fourth-order valence-electron chi connectivity index (χ4n) is 2.43. The van der Waals surface area contributed by atoms with Crippen molar-refractivity contribution in [3.63, 3.8) is 0 Å². The second kappa shape index (κ2) is 5.75. The Balaban J connectivity index is 1.68. The van der Waals surface area contributed by atoms with E-state index in [4.69, 9.17) is 9.15 Å². The van der Waals surface area contributed by atoms with Crippen molar-refractivity contribution < 1.29 is 13.9 Å². The molecular formula is C16H15N3O3S. The van der Waals surface area contributed by atoms with E-state index in [9.17, 15) is 4.79 Å². The van der Waals surface area contributed by atoms with Gasteiger partial charge in [0.25, 0.3) is 5.91 Å². The number of anilines is 1. The predicted molar refractivity (Wildman–Crippen MR) is 86.7 cm³/mol. The standard InChI is InChI=1S/C16H15N3O3S/c1-21-8-14-17-12(9-23-14)15(20)19(10-6-7-10)16-18-11-4-2-3-5-13(11)22-16/h2-5,9-10H,6-8H2,1H3. The van der Waals surface area contributed by atoms with Crippen molar-refractivity contribution in [2.24, 2.45) is 0 Å². The van der Waals surface area contributed by atoms with Gasteiger partial charge in [-0.05, 0) is 25.0 Å². The highest BCUT2D eigenvalue weighted by Gasteiger charge is 2.38.